The second-order valence-corrected chi connectivity index (χ2v) is 11.2. The average molecular weight is 568 g/mol. The van der Waals surface area contributed by atoms with Crippen LogP contribution >= 0.6 is 0 Å². The van der Waals surface area contributed by atoms with Crippen molar-refractivity contribution in [3.63, 3.8) is 0 Å². The van der Waals surface area contributed by atoms with Crippen LogP contribution in [0.25, 0.3) is 11.3 Å². The minimum Gasteiger partial charge on any atom is -0.465 e. The Kier molecular flexibility index (Phi) is 8.37. The first-order valence-corrected chi connectivity index (χ1v) is 14.6. The largest absolute Gasteiger partial charge is 0.465 e. The van der Waals surface area contributed by atoms with Crippen molar-refractivity contribution in [3.05, 3.63) is 95.1 Å². The van der Waals surface area contributed by atoms with Crippen LogP contribution in [-0.4, -0.2) is 62.4 Å². The fourth-order valence-electron chi connectivity index (χ4n) is 6.33. The van der Waals surface area contributed by atoms with E-state index in [0.717, 1.165) is 62.3 Å². The summed E-state index contributed by atoms with van der Waals surface area (Å²) in [5.41, 5.74) is 5.85. The van der Waals surface area contributed by atoms with Gasteiger partial charge in [0.05, 0.1) is 47.9 Å². The number of carbonyl (C=O) groups is 2. The van der Waals surface area contributed by atoms with E-state index >= 15 is 0 Å². The van der Waals surface area contributed by atoms with E-state index in [0.29, 0.717) is 22.5 Å². The van der Waals surface area contributed by atoms with E-state index < -0.39 is 5.97 Å². The average Bonchev–Trinajstić information content (AvgIpc) is 3.79. The molecule has 2 fully saturated rings. The molecule has 6 rings (SSSR count). The smallest absolute Gasteiger partial charge is 0.337 e. The molecular formula is C34H37N3O5. The van der Waals surface area contributed by atoms with Crippen molar-refractivity contribution in [1.29, 1.82) is 0 Å². The molecule has 3 heterocycles. The van der Waals surface area contributed by atoms with Crippen LogP contribution < -0.4 is 10.6 Å². The van der Waals surface area contributed by atoms with Gasteiger partial charge in [0.2, 0.25) is 0 Å². The highest BCUT2D eigenvalue weighted by Gasteiger charge is 2.37. The molecule has 3 aromatic carbocycles. The molecule has 0 spiro atoms. The number of fused-ring (bicyclic) bond motifs is 1. The zero-order valence-corrected chi connectivity index (χ0v) is 24.1. The topological polar surface area (TPSA) is 89.1 Å². The number of carbonyl (C=O) groups excluding carboxylic acids is 2. The fourth-order valence-corrected chi connectivity index (χ4v) is 6.33. The highest BCUT2D eigenvalue weighted by molar-refractivity contribution is 6.37. The van der Waals surface area contributed by atoms with Gasteiger partial charge in [-0.2, -0.15) is 0 Å². The van der Waals surface area contributed by atoms with Gasteiger partial charge >= 0.3 is 5.97 Å². The van der Waals surface area contributed by atoms with E-state index in [1.807, 2.05) is 42.5 Å². The van der Waals surface area contributed by atoms with Gasteiger partial charge in [0.25, 0.3) is 5.91 Å². The van der Waals surface area contributed by atoms with E-state index in [1.54, 1.807) is 18.2 Å². The summed E-state index contributed by atoms with van der Waals surface area (Å²) in [6.07, 6.45) is 4.79. The van der Waals surface area contributed by atoms with Crippen LogP contribution in [-0.2, 0) is 25.5 Å². The van der Waals surface area contributed by atoms with Crippen molar-refractivity contribution in [2.24, 2.45) is 0 Å². The molecule has 0 aliphatic carbocycles. The van der Waals surface area contributed by atoms with Crippen LogP contribution in [0, 0.1) is 0 Å². The second kappa shape index (κ2) is 12.5. The first kappa shape index (κ1) is 28.2. The van der Waals surface area contributed by atoms with Crippen LogP contribution in [0.5, 0.6) is 0 Å². The summed E-state index contributed by atoms with van der Waals surface area (Å²) in [5.74, 6) is -0.680. The van der Waals surface area contributed by atoms with Crippen molar-refractivity contribution >= 4 is 34.5 Å². The van der Waals surface area contributed by atoms with Gasteiger partial charge in [-0.1, -0.05) is 48.5 Å². The number of benzene rings is 3. The maximum absolute atomic E-state index is 13.3. The Morgan fingerprint density at radius 2 is 1.67 bits per heavy atom. The van der Waals surface area contributed by atoms with Crippen LogP contribution in [0.15, 0.2) is 72.8 Å². The van der Waals surface area contributed by atoms with E-state index in [-0.39, 0.29) is 24.2 Å². The number of anilines is 2. The summed E-state index contributed by atoms with van der Waals surface area (Å²) in [6.45, 7) is 2.45. The van der Waals surface area contributed by atoms with Gasteiger partial charge in [0, 0.05) is 31.0 Å². The van der Waals surface area contributed by atoms with Crippen molar-refractivity contribution in [2.45, 2.75) is 50.5 Å². The zero-order chi connectivity index (χ0) is 29.1. The third kappa shape index (κ3) is 5.83. The minimum absolute atomic E-state index is 0.211. The summed E-state index contributed by atoms with van der Waals surface area (Å²) in [5, 5.41) is 6.44. The molecule has 3 aliphatic rings. The lowest BCUT2D eigenvalue weighted by molar-refractivity contribution is -0.110. The monoisotopic (exact) mass is 567 g/mol. The van der Waals surface area contributed by atoms with Crippen LogP contribution in [0.1, 0.15) is 52.7 Å². The predicted molar refractivity (Wildman–Crippen MR) is 163 cm³/mol. The summed E-state index contributed by atoms with van der Waals surface area (Å²) in [6, 6.07) is 23.5. The quantitative estimate of drug-likeness (QED) is 0.258. The minimum atomic E-state index is -0.450. The van der Waals surface area contributed by atoms with Gasteiger partial charge in [-0.05, 0) is 68.1 Å². The number of methoxy groups -OCH3 is 1. The SMILES string of the molecule is COC(=O)c1ccc2c(c1)NC(=O)/C2=C(/Nc1ccc(CN(C)C(C2CCCO2)C2CCCO2)cc1)c1ccccc1. The Bertz CT molecular complexity index is 1440. The molecule has 0 bridgehead atoms. The molecule has 2 N–H and O–H groups in total. The summed E-state index contributed by atoms with van der Waals surface area (Å²) in [7, 11) is 3.51. The van der Waals surface area contributed by atoms with Gasteiger partial charge in [-0.15, -0.1) is 0 Å². The summed E-state index contributed by atoms with van der Waals surface area (Å²) < 4.78 is 17.1. The molecular weight excluding hydrogens is 530 g/mol. The molecule has 8 heteroatoms. The molecule has 8 nitrogen and oxygen atoms in total. The summed E-state index contributed by atoms with van der Waals surface area (Å²) in [4.78, 5) is 27.7. The zero-order valence-electron chi connectivity index (χ0n) is 24.1. The number of esters is 1. The molecule has 0 saturated carbocycles. The van der Waals surface area contributed by atoms with E-state index in [2.05, 4.69) is 34.7 Å². The lowest BCUT2D eigenvalue weighted by atomic mass is 9.98. The maximum Gasteiger partial charge on any atom is 0.337 e. The Balaban J connectivity index is 1.26. The molecule has 2 saturated heterocycles. The molecule has 2 atom stereocenters. The standard InChI is InChI=1S/C34H37N3O5/c1-37(32(28-10-6-18-41-28)29-11-7-19-42-29)21-22-12-15-25(16-13-22)35-31(23-8-4-3-5-9-23)30-26-17-14-24(34(39)40-2)20-27(26)36-33(30)38/h3-5,8-9,12-17,20,28-29,32,35H,6-7,10-11,18-19,21H2,1-2H3,(H,36,38)/b31-30+. The van der Waals surface area contributed by atoms with Gasteiger partial charge < -0.3 is 24.8 Å². The second-order valence-electron chi connectivity index (χ2n) is 11.2. The van der Waals surface area contributed by atoms with Crippen LogP contribution in [0.4, 0.5) is 11.4 Å². The molecule has 0 radical (unpaired) electrons. The number of hydrogen-bond acceptors (Lipinski definition) is 7. The number of nitrogens with one attached hydrogen (secondary N) is 2. The Labute approximate surface area is 246 Å². The van der Waals surface area contributed by atoms with E-state index in [9.17, 15) is 9.59 Å². The first-order valence-electron chi connectivity index (χ1n) is 14.6. The van der Waals surface area contributed by atoms with Crippen molar-refractivity contribution < 1.29 is 23.8 Å². The van der Waals surface area contributed by atoms with Crippen molar-refractivity contribution in [3.8, 4) is 0 Å². The lowest BCUT2D eigenvalue weighted by Crippen LogP contribution is -2.48. The Morgan fingerprint density at radius 1 is 0.976 bits per heavy atom. The number of amides is 1. The third-order valence-electron chi connectivity index (χ3n) is 8.35. The number of hydrogen-bond donors (Lipinski definition) is 2. The molecule has 2 unspecified atom stereocenters. The third-order valence-corrected chi connectivity index (χ3v) is 8.35. The molecule has 1 amide bonds. The van der Waals surface area contributed by atoms with Gasteiger partial charge in [-0.25, -0.2) is 4.79 Å². The van der Waals surface area contributed by atoms with Crippen molar-refractivity contribution in [1.82, 2.24) is 4.90 Å². The van der Waals surface area contributed by atoms with Gasteiger partial charge in [0.1, 0.15) is 0 Å². The molecule has 3 aliphatic heterocycles. The molecule has 42 heavy (non-hydrogen) atoms. The fraction of sp³-hybridized carbons (Fsp3) is 0.353. The first-order chi connectivity index (χ1) is 20.5. The van der Waals surface area contributed by atoms with Crippen LogP contribution in [0.2, 0.25) is 0 Å². The highest BCUT2D eigenvalue weighted by atomic mass is 16.5. The number of rotatable bonds is 9. The Morgan fingerprint density at radius 3 is 2.29 bits per heavy atom. The number of ether oxygens (including phenoxy) is 3. The highest BCUT2D eigenvalue weighted by Crippen LogP contribution is 2.38. The van der Waals surface area contributed by atoms with Gasteiger partial charge in [-0.3, -0.25) is 9.69 Å². The Hall–Kier alpha value is -3.98. The number of likely N-dealkylation sites (N-methyl/N-ethyl adjacent to an activating group) is 1. The van der Waals surface area contributed by atoms with Crippen LogP contribution in [0.3, 0.4) is 0 Å². The van der Waals surface area contributed by atoms with Crippen molar-refractivity contribution in [2.75, 3.05) is 38.0 Å². The van der Waals surface area contributed by atoms with E-state index in [1.165, 1.54) is 12.7 Å². The number of nitrogens with zero attached hydrogens (tertiary/aromatic N) is 1. The lowest BCUT2D eigenvalue weighted by Gasteiger charge is -2.36. The van der Waals surface area contributed by atoms with E-state index in [4.69, 9.17) is 14.2 Å². The van der Waals surface area contributed by atoms with Gasteiger partial charge in [0.15, 0.2) is 0 Å². The normalized spacial score (nSPS) is 21.6. The maximum atomic E-state index is 13.3. The molecule has 3 aromatic rings. The predicted octanol–water partition coefficient (Wildman–Crippen LogP) is 5.56. The molecule has 218 valence electrons. The molecule has 0 aromatic heterocycles. The summed E-state index contributed by atoms with van der Waals surface area (Å²) >= 11 is 0.